The van der Waals surface area contributed by atoms with E-state index in [0.29, 0.717) is 5.56 Å². The van der Waals surface area contributed by atoms with Gasteiger partial charge in [-0.3, -0.25) is 0 Å². The van der Waals surface area contributed by atoms with Crippen molar-refractivity contribution in [3.05, 3.63) is 48.0 Å². The first kappa shape index (κ1) is 14.4. The number of benzene rings is 1. The highest BCUT2D eigenvalue weighted by atomic mass is 19.3. The fraction of sp³-hybridized carbons (Fsp3) is 0.357. The highest BCUT2D eigenvalue weighted by molar-refractivity contribution is 5.89. The van der Waals surface area contributed by atoms with Crippen molar-refractivity contribution in [1.29, 1.82) is 0 Å². The first-order valence-electron chi connectivity index (χ1n) is 5.66. The van der Waals surface area contributed by atoms with Crippen molar-refractivity contribution in [2.75, 3.05) is 6.61 Å². The van der Waals surface area contributed by atoms with Gasteiger partial charge in [0.25, 0.3) is 5.92 Å². The smallest absolute Gasteiger partial charge is 0.334 e. The highest BCUT2D eigenvalue weighted by Gasteiger charge is 2.40. The summed E-state index contributed by atoms with van der Waals surface area (Å²) < 4.78 is 32.0. The number of alkyl halides is 2. The van der Waals surface area contributed by atoms with Crippen LogP contribution in [0.4, 0.5) is 8.78 Å². The lowest BCUT2D eigenvalue weighted by Gasteiger charge is -2.25. The summed E-state index contributed by atoms with van der Waals surface area (Å²) in [5, 5.41) is 0. The van der Waals surface area contributed by atoms with Gasteiger partial charge in [0, 0.05) is 12.5 Å². The van der Waals surface area contributed by atoms with Gasteiger partial charge in [0.05, 0.1) is 12.5 Å². The van der Waals surface area contributed by atoms with Crippen LogP contribution in [-0.2, 0) is 9.53 Å². The maximum atomic E-state index is 13.7. The summed E-state index contributed by atoms with van der Waals surface area (Å²) in [6.07, 6.45) is 0. The SMILES string of the molecule is C=C(C(=O)OCC)[C@@H](c1ccccc1)C(C)(F)F. The van der Waals surface area contributed by atoms with Crippen molar-refractivity contribution in [3.8, 4) is 0 Å². The van der Waals surface area contributed by atoms with E-state index in [-0.39, 0.29) is 12.2 Å². The fourth-order valence-corrected chi connectivity index (χ4v) is 1.79. The number of hydrogen-bond donors (Lipinski definition) is 0. The van der Waals surface area contributed by atoms with Crippen LogP contribution in [0.1, 0.15) is 25.3 Å². The second-order valence-electron chi connectivity index (χ2n) is 4.05. The molecule has 2 nitrogen and oxygen atoms in total. The summed E-state index contributed by atoms with van der Waals surface area (Å²) in [7, 11) is 0. The van der Waals surface area contributed by atoms with E-state index in [4.69, 9.17) is 4.74 Å². The Morgan fingerprint density at radius 3 is 2.39 bits per heavy atom. The Hall–Kier alpha value is -1.71. The average molecular weight is 254 g/mol. The lowest BCUT2D eigenvalue weighted by molar-refractivity contribution is -0.140. The molecular weight excluding hydrogens is 238 g/mol. The topological polar surface area (TPSA) is 26.3 Å². The van der Waals surface area contributed by atoms with Gasteiger partial charge in [-0.05, 0) is 12.5 Å². The second kappa shape index (κ2) is 5.76. The largest absolute Gasteiger partial charge is 0.463 e. The van der Waals surface area contributed by atoms with E-state index in [9.17, 15) is 13.6 Å². The van der Waals surface area contributed by atoms with E-state index in [1.807, 2.05) is 0 Å². The molecule has 0 amide bonds. The summed E-state index contributed by atoms with van der Waals surface area (Å²) in [6, 6.07) is 8.11. The summed E-state index contributed by atoms with van der Waals surface area (Å²) >= 11 is 0. The molecular formula is C14H16F2O2. The molecule has 1 atom stereocenters. The molecule has 0 bridgehead atoms. The molecule has 18 heavy (non-hydrogen) atoms. The third kappa shape index (κ3) is 3.39. The monoisotopic (exact) mass is 254 g/mol. The molecule has 0 heterocycles. The Labute approximate surface area is 105 Å². The van der Waals surface area contributed by atoms with Crippen molar-refractivity contribution >= 4 is 5.97 Å². The predicted molar refractivity (Wildman–Crippen MR) is 65.6 cm³/mol. The molecule has 0 aliphatic rings. The van der Waals surface area contributed by atoms with Crippen LogP contribution in [0, 0.1) is 0 Å². The number of carbonyl (C=O) groups excluding carboxylic acids is 1. The molecule has 0 fully saturated rings. The number of hydrogen-bond acceptors (Lipinski definition) is 2. The number of carbonyl (C=O) groups is 1. The lowest BCUT2D eigenvalue weighted by Crippen LogP contribution is -2.28. The number of esters is 1. The van der Waals surface area contributed by atoms with E-state index in [1.54, 1.807) is 37.3 Å². The zero-order valence-corrected chi connectivity index (χ0v) is 10.5. The van der Waals surface area contributed by atoms with Crippen molar-refractivity contribution in [2.45, 2.75) is 25.7 Å². The van der Waals surface area contributed by atoms with Crippen LogP contribution in [0.15, 0.2) is 42.5 Å². The Morgan fingerprint density at radius 2 is 1.94 bits per heavy atom. The van der Waals surface area contributed by atoms with Crippen molar-refractivity contribution in [2.24, 2.45) is 0 Å². The van der Waals surface area contributed by atoms with E-state index >= 15 is 0 Å². The van der Waals surface area contributed by atoms with Gasteiger partial charge in [0.2, 0.25) is 0 Å². The van der Waals surface area contributed by atoms with Crippen molar-refractivity contribution in [1.82, 2.24) is 0 Å². The molecule has 0 saturated carbocycles. The molecule has 1 aromatic carbocycles. The van der Waals surface area contributed by atoms with E-state index in [0.717, 1.165) is 6.92 Å². The molecule has 0 aromatic heterocycles. The molecule has 0 aliphatic carbocycles. The van der Waals surface area contributed by atoms with E-state index < -0.39 is 17.8 Å². The van der Waals surface area contributed by atoms with Crippen LogP contribution in [0.5, 0.6) is 0 Å². The van der Waals surface area contributed by atoms with Crippen LogP contribution in [0.3, 0.4) is 0 Å². The number of halogens is 2. The molecule has 0 spiro atoms. The Kier molecular flexibility index (Phi) is 4.59. The minimum absolute atomic E-state index is 0.134. The summed E-state index contributed by atoms with van der Waals surface area (Å²) in [4.78, 5) is 11.5. The molecule has 0 saturated heterocycles. The normalized spacial score (nSPS) is 12.9. The second-order valence-corrected chi connectivity index (χ2v) is 4.05. The molecule has 0 radical (unpaired) electrons. The van der Waals surface area contributed by atoms with Gasteiger partial charge >= 0.3 is 5.97 Å². The highest BCUT2D eigenvalue weighted by Crippen LogP contribution is 2.38. The Morgan fingerprint density at radius 1 is 1.39 bits per heavy atom. The van der Waals surface area contributed by atoms with E-state index in [1.165, 1.54) is 0 Å². The van der Waals surface area contributed by atoms with Crippen molar-refractivity contribution < 1.29 is 18.3 Å². The minimum atomic E-state index is -3.08. The Balaban J connectivity index is 3.08. The number of ether oxygens (including phenoxy) is 1. The van der Waals surface area contributed by atoms with Gasteiger partial charge in [0.15, 0.2) is 0 Å². The van der Waals surface area contributed by atoms with Crippen LogP contribution >= 0.6 is 0 Å². The maximum Gasteiger partial charge on any atom is 0.334 e. The molecule has 0 aliphatic heterocycles. The van der Waals surface area contributed by atoms with Gasteiger partial charge < -0.3 is 4.74 Å². The van der Waals surface area contributed by atoms with Gasteiger partial charge in [0.1, 0.15) is 0 Å². The molecule has 4 heteroatoms. The van der Waals surface area contributed by atoms with Gasteiger partial charge in [-0.1, -0.05) is 36.9 Å². The van der Waals surface area contributed by atoms with E-state index in [2.05, 4.69) is 6.58 Å². The Bertz CT molecular complexity index is 421. The molecule has 1 rings (SSSR count). The van der Waals surface area contributed by atoms with Crippen LogP contribution in [-0.4, -0.2) is 18.5 Å². The fourth-order valence-electron chi connectivity index (χ4n) is 1.79. The standard InChI is InChI=1S/C14H16F2O2/c1-4-18-13(17)10(2)12(14(3,15)16)11-8-6-5-7-9-11/h5-9,12H,2,4H2,1,3H3/t12-/m0/s1. The maximum absolute atomic E-state index is 13.7. The van der Waals surface area contributed by atoms with Crippen LogP contribution in [0.25, 0.3) is 0 Å². The molecule has 0 N–H and O–H groups in total. The zero-order chi connectivity index (χ0) is 13.8. The number of rotatable bonds is 5. The molecule has 98 valence electrons. The van der Waals surface area contributed by atoms with Gasteiger partial charge in [-0.2, -0.15) is 0 Å². The first-order chi connectivity index (χ1) is 8.38. The predicted octanol–water partition coefficient (Wildman–Crippen LogP) is 3.54. The molecule has 0 unspecified atom stereocenters. The zero-order valence-electron chi connectivity index (χ0n) is 10.5. The first-order valence-corrected chi connectivity index (χ1v) is 5.66. The van der Waals surface area contributed by atoms with Crippen LogP contribution in [0.2, 0.25) is 0 Å². The summed E-state index contributed by atoms with van der Waals surface area (Å²) in [6.45, 7) is 5.99. The summed E-state index contributed by atoms with van der Waals surface area (Å²) in [5.41, 5.74) is 0.124. The quantitative estimate of drug-likeness (QED) is 0.593. The van der Waals surface area contributed by atoms with Gasteiger partial charge in [-0.15, -0.1) is 0 Å². The van der Waals surface area contributed by atoms with Gasteiger partial charge in [-0.25, -0.2) is 13.6 Å². The summed E-state index contributed by atoms with van der Waals surface area (Å²) in [5.74, 6) is -5.23. The van der Waals surface area contributed by atoms with Crippen molar-refractivity contribution in [3.63, 3.8) is 0 Å². The third-order valence-electron chi connectivity index (χ3n) is 2.53. The third-order valence-corrected chi connectivity index (χ3v) is 2.53. The average Bonchev–Trinajstić information content (AvgIpc) is 2.29. The van der Waals surface area contributed by atoms with Crippen LogP contribution < -0.4 is 0 Å². The lowest BCUT2D eigenvalue weighted by atomic mass is 9.87. The minimum Gasteiger partial charge on any atom is -0.463 e. The molecule has 1 aromatic rings.